The van der Waals surface area contributed by atoms with E-state index in [1.165, 1.54) is 24.3 Å². The van der Waals surface area contributed by atoms with E-state index < -0.39 is 17.7 Å². The standard InChI is InChI=1S/C15H12BrCl2F2N/c1-2-21-15(8-3-4-11(17)14(20)5-8)9-6-12(18)10(16)7-13(9)19/h3-7,15,21H,2H2,1H3. The topological polar surface area (TPSA) is 12.0 Å². The molecule has 2 aromatic carbocycles. The van der Waals surface area contributed by atoms with E-state index in [9.17, 15) is 8.78 Å². The molecule has 1 atom stereocenters. The lowest BCUT2D eigenvalue weighted by molar-refractivity contribution is 0.554. The monoisotopic (exact) mass is 393 g/mol. The van der Waals surface area contributed by atoms with Crippen LogP contribution in [0.25, 0.3) is 0 Å². The highest BCUT2D eigenvalue weighted by Gasteiger charge is 2.20. The summed E-state index contributed by atoms with van der Waals surface area (Å²) in [5.74, 6) is -0.965. The maximum atomic E-state index is 14.2. The summed E-state index contributed by atoms with van der Waals surface area (Å²) in [4.78, 5) is 0. The van der Waals surface area contributed by atoms with Gasteiger partial charge in [0, 0.05) is 10.0 Å². The van der Waals surface area contributed by atoms with E-state index in [0.29, 0.717) is 27.2 Å². The van der Waals surface area contributed by atoms with Crippen molar-refractivity contribution >= 4 is 39.1 Å². The van der Waals surface area contributed by atoms with Crippen molar-refractivity contribution in [2.24, 2.45) is 0 Å². The molecular weight excluding hydrogens is 383 g/mol. The van der Waals surface area contributed by atoms with Crippen LogP contribution in [0.3, 0.4) is 0 Å². The summed E-state index contributed by atoms with van der Waals surface area (Å²) in [5.41, 5.74) is 0.933. The number of rotatable bonds is 4. The zero-order chi connectivity index (χ0) is 15.6. The molecule has 21 heavy (non-hydrogen) atoms. The molecule has 0 bridgehead atoms. The average Bonchev–Trinajstić information content (AvgIpc) is 2.44. The van der Waals surface area contributed by atoms with Gasteiger partial charge in [0.15, 0.2) is 0 Å². The molecule has 0 saturated carbocycles. The van der Waals surface area contributed by atoms with E-state index in [-0.39, 0.29) is 5.02 Å². The predicted molar refractivity (Wildman–Crippen MR) is 86.0 cm³/mol. The molecule has 2 rings (SSSR count). The van der Waals surface area contributed by atoms with E-state index in [1.807, 2.05) is 6.92 Å². The molecule has 1 nitrogen and oxygen atoms in total. The first-order chi connectivity index (χ1) is 9.93. The summed E-state index contributed by atoms with van der Waals surface area (Å²) >= 11 is 14.9. The lowest BCUT2D eigenvalue weighted by Crippen LogP contribution is -2.23. The van der Waals surface area contributed by atoms with Gasteiger partial charge in [-0.1, -0.05) is 36.2 Å². The maximum Gasteiger partial charge on any atom is 0.142 e. The van der Waals surface area contributed by atoms with Gasteiger partial charge in [-0.15, -0.1) is 0 Å². The molecule has 0 saturated heterocycles. The van der Waals surface area contributed by atoms with Crippen molar-refractivity contribution in [3.8, 4) is 0 Å². The van der Waals surface area contributed by atoms with Crippen molar-refractivity contribution in [3.63, 3.8) is 0 Å². The van der Waals surface area contributed by atoms with Crippen LogP contribution in [0.5, 0.6) is 0 Å². The number of nitrogens with one attached hydrogen (secondary N) is 1. The zero-order valence-corrected chi connectivity index (χ0v) is 14.2. The largest absolute Gasteiger partial charge is 0.306 e. The molecular formula is C15H12BrCl2F2N. The van der Waals surface area contributed by atoms with Gasteiger partial charge < -0.3 is 5.32 Å². The van der Waals surface area contributed by atoms with Gasteiger partial charge >= 0.3 is 0 Å². The van der Waals surface area contributed by atoms with Crippen molar-refractivity contribution in [3.05, 3.63) is 67.6 Å². The van der Waals surface area contributed by atoms with Gasteiger partial charge in [0.25, 0.3) is 0 Å². The van der Waals surface area contributed by atoms with Crippen LogP contribution in [-0.2, 0) is 0 Å². The molecule has 1 N–H and O–H groups in total. The Bertz CT molecular complexity index is 664. The van der Waals surface area contributed by atoms with Crippen LogP contribution >= 0.6 is 39.1 Å². The summed E-state index contributed by atoms with van der Waals surface area (Å²) in [6, 6.07) is 6.73. The van der Waals surface area contributed by atoms with Crippen LogP contribution in [0.1, 0.15) is 24.1 Å². The van der Waals surface area contributed by atoms with E-state index in [2.05, 4.69) is 21.2 Å². The zero-order valence-electron chi connectivity index (χ0n) is 11.1. The fourth-order valence-corrected chi connectivity index (χ4v) is 2.67. The summed E-state index contributed by atoms with van der Waals surface area (Å²) < 4.78 is 28.3. The van der Waals surface area contributed by atoms with Crippen molar-refractivity contribution < 1.29 is 8.78 Å². The van der Waals surface area contributed by atoms with Crippen LogP contribution in [0.15, 0.2) is 34.8 Å². The van der Waals surface area contributed by atoms with Gasteiger partial charge in [-0.3, -0.25) is 0 Å². The van der Waals surface area contributed by atoms with Crippen LogP contribution in [0.4, 0.5) is 8.78 Å². The molecule has 0 aromatic heterocycles. The summed E-state index contributed by atoms with van der Waals surface area (Å²) in [7, 11) is 0. The third-order valence-electron chi connectivity index (χ3n) is 3.04. The second kappa shape index (κ2) is 7.05. The van der Waals surface area contributed by atoms with Crippen LogP contribution in [-0.4, -0.2) is 6.54 Å². The number of hydrogen-bond donors (Lipinski definition) is 1. The number of benzene rings is 2. The molecule has 0 heterocycles. The molecule has 6 heteroatoms. The van der Waals surface area contributed by atoms with E-state index >= 15 is 0 Å². The lowest BCUT2D eigenvalue weighted by Gasteiger charge is -2.20. The fraction of sp³-hybridized carbons (Fsp3) is 0.200. The Morgan fingerprint density at radius 1 is 1.10 bits per heavy atom. The minimum atomic E-state index is -0.541. The van der Waals surface area contributed by atoms with E-state index in [0.717, 1.165) is 0 Å². The molecule has 1 unspecified atom stereocenters. The van der Waals surface area contributed by atoms with Gasteiger partial charge in [-0.2, -0.15) is 0 Å². The lowest BCUT2D eigenvalue weighted by atomic mass is 9.98. The van der Waals surface area contributed by atoms with Crippen LogP contribution in [0, 0.1) is 11.6 Å². The highest BCUT2D eigenvalue weighted by atomic mass is 79.9. The molecule has 0 radical (unpaired) electrons. The SMILES string of the molecule is CCNC(c1ccc(Cl)c(F)c1)c1cc(Cl)c(Br)cc1F. The molecule has 0 aliphatic rings. The second-order valence-corrected chi connectivity index (χ2v) is 6.12. The molecule has 0 fully saturated rings. The molecule has 0 spiro atoms. The first-order valence-corrected chi connectivity index (χ1v) is 7.81. The van der Waals surface area contributed by atoms with Crippen LogP contribution < -0.4 is 5.32 Å². The molecule has 0 amide bonds. The summed E-state index contributed by atoms with van der Waals surface area (Å²) in [5, 5.41) is 3.55. The molecule has 0 aliphatic heterocycles. The van der Waals surface area contributed by atoms with Gasteiger partial charge in [0.1, 0.15) is 11.6 Å². The first-order valence-electron chi connectivity index (χ1n) is 6.26. The Labute approximate surface area is 140 Å². The Balaban J connectivity index is 2.52. The van der Waals surface area contributed by atoms with Crippen molar-refractivity contribution in [1.82, 2.24) is 5.32 Å². The van der Waals surface area contributed by atoms with E-state index in [4.69, 9.17) is 23.2 Å². The van der Waals surface area contributed by atoms with Crippen molar-refractivity contribution in [2.75, 3.05) is 6.54 Å². The normalized spacial score (nSPS) is 12.5. The quantitative estimate of drug-likeness (QED) is 0.652. The van der Waals surface area contributed by atoms with Crippen LogP contribution in [0.2, 0.25) is 10.0 Å². The Morgan fingerprint density at radius 3 is 2.43 bits per heavy atom. The third-order valence-corrected chi connectivity index (χ3v) is 4.54. The summed E-state index contributed by atoms with van der Waals surface area (Å²) in [6.07, 6.45) is 0. The van der Waals surface area contributed by atoms with Crippen molar-refractivity contribution in [1.29, 1.82) is 0 Å². The molecule has 2 aromatic rings. The minimum Gasteiger partial charge on any atom is -0.306 e. The molecule has 112 valence electrons. The maximum absolute atomic E-state index is 14.2. The van der Waals surface area contributed by atoms with Gasteiger partial charge in [0.05, 0.1) is 16.1 Å². The van der Waals surface area contributed by atoms with Crippen molar-refractivity contribution in [2.45, 2.75) is 13.0 Å². The average molecular weight is 395 g/mol. The number of hydrogen-bond acceptors (Lipinski definition) is 1. The smallest absolute Gasteiger partial charge is 0.142 e. The minimum absolute atomic E-state index is 0.0308. The van der Waals surface area contributed by atoms with Gasteiger partial charge in [-0.25, -0.2) is 8.78 Å². The Hall–Kier alpha value is -0.680. The van der Waals surface area contributed by atoms with E-state index in [1.54, 1.807) is 6.07 Å². The predicted octanol–water partition coefficient (Wildman–Crippen LogP) is 5.73. The Morgan fingerprint density at radius 2 is 1.81 bits per heavy atom. The number of halogens is 5. The highest BCUT2D eigenvalue weighted by molar-refractivity contribution is 9.10. The van der Waals surface area contributed by atoms with Gasteiger partial charge in [-0.05, 0) is 52.3 Å². The second-order valence-electron chi connectivity index (χ2n) is 4.45. The third kappa shape index (κ3) is 3.75. The Kier molecular flexibility index (Phi) is 5.60. The van der Waals surface area contributed by atoms with Gasteiger partial charge in [0.2, 0.25) is 0 Å². The summed E-state index contributed by atoms with van der Waals surface area (Å²) in [6.45, 7) is 2.47. The molecule has 0 aliphatic carbocycles. The highest BCUT2D eigenvalue weighted by Crippen LogP contribution is 2.32. The first kappa shape index (κ1) is 16.7. The fourth-order valence-electron chi connectivity index (χ4n) is 2.06.